The van der Waals surface area contributed by atoms with E-state index in [9.17, 15) is 0 Å². The first kappa shape index (κ1) is 15.9. The van der Waals surface area contributed by atoms with E-state index in [4.69, 9.17) is 16.4 Å². The maximum Gasteiger partial charge on any atom is 0.145 e. The average Bonchev–Trinajstić information content (AvgIpc) is 3.04. The van der Waals surface area contributed by atoms with Crippen LogP contribution in [0.3, 0.4) is 0 Å². The van der Waals surface area contributed by atoms with Gasteiger partial charge < -0.3 is 10.2 Å². The largest absolute Gasteiger partial charge is 0.391 e. The monoisotopic (exact) mass is 328 g/mol. The molecule has 3 rings (SSSR count). The molecule has 0 fully saturated rings. The van der Waals surface area contributed by atoms with Crippen molar-refractivity contribution in [2.24, 2.45) is 5.16 Å². The van der Waals surface area contributed by atoms with Gasteiger partial charge in [0.1, 0.15) is 6.61 Å². The fraction of sp³-hybridized carbons (Fsp3) is 0.316. The number of benzene rings is 2. The second kappa shape index (κ2) is 7.05. The van der Waals surface area contributed by atoms with Crippen LogP contribution in [-0.4, -0.2) is 12.8 Å². The van der Waals surface area contributed by atoms with Crippen molar-refractivity contribution < 1.29 is 4.84 Å². The maximum atomic E-state index is 6.25. The summed E-state index contributed by atoms with van der Waals surface area (Å²) in [6.07, 6.45) is 3.53. The van der Waals surface area contributed by atoms with E-state index in [0.717, 1.165) is 23.4 Å². The molecule has 0 amide bonds. The van der Waals surface area contributed by atoms with Crippen molar-refractivity contribution in [3.63, 3.8) is 0 Å². The Labute approximate surface area is 142 Å². The van der Waals surface area contributed by atoms with Gasteiger partial charge in [-0.2, -0.15) is 0 Å². The topological polar surface area (TPSA) is 33.6 Å². The summed E-state index contributed by atoms with van der Waals surface area (Å²) in [6, 6.07) is 12.2. The molecule has 0 saturated carbocycles. The lowest BCUT2D eigenvalue weighted by atomic mass is 10.0. The van der Waals surface area contributed by atoms with E-state index in [-0.39, 0.29) is 0 Å². The average molecular weight is 329 g/mol. The lowest BCUT2D eigenvalue weighted by Crippen LogP contribution is -2.03. The first-order valence-electron chi connectivity index (χ1n) is 7.93. The standard InChI is InChI=1S/C19H21ClN2O/c1-13(15-8-3-6-14-7-4-9-16(14)15)22-23-12-17-18(20)10-5-11-19(17)21-2/h3,5-6,8,10-11,21H,4,7,9,12H2,1-2H3. The Hall–Kier alpha value is -2.00. The van der Waals surface area contributed by atoms with Gasteiger partial charge >= 0.3 is 0 Å². The second-order valence-corrected chi connectivity index (χ2v) is 6.17. The third-order valence-electron chi connectivity index (χ3n) is 4.33. The van der Waals surface area contributed by atoms with Crippen LogP contribution in [0.1, 0.15) is 35.6 Å². The Morgan fingerprint density at radius 3 is 2.87 bits per heavy atom. The van der Waals surface area contributed by atoms with Gasteiger partial charge in [-0.3, -0.25) is 0 Å². The summed E-state index contributed by atoms with van der Waals surface area (Å²) in [5.74, 6) is 0. The molecule has 1 aliphatic rings. The normalized spacial score (nSPS) is 13.8. The number of hydrogen-bond acceptors (Lipinski definition) is 3. The second-order valence-electron chi connectivity index (χ2n) is 5.76. The van der Waals surface area contributed by atoms with Gasteiger partial charge in [-0.15, -0.1) is 0 Å². The number of fused-ring (bicyclic) bond motifs is 1. The van der Waals surface area contributed by atoms with E-state index in [1.807, 2.05) is 32.2 Å². The van der Waals surface area contributed by atoms with Gasteiger partial charge in [-0.25, -0.2) is 0 Å². The SMILES string of the molecule is CNc1cccc(Cl)c1CON=C(C)c1cccc2c1CCC2. The van der Waals surface area contributed by atoms with Gasteiger partial charge in [0.05, 0.1) is 5.71 Å². The van der Waals surface area contributed by atoms with Crippen molar-refractivity contribution in [1.82, 2.24) is 0 Å². The van der Waals surface area contributed by atoms with E-state index in [0.29, 0.717) is 11.6 Å². The summed E-state index contributed by atoms with van der Waals surface area (Å²) in [7, 11) is 1.87. The number of anilines is 1. The van der Waals surface area contributed by atoms with E-state index in [1.165, 1.54) is 29.5 Å². The van der Waals surface area contributed by atoms with Crippen molar-refractivity contribution in [2.75, 3.05) is 12.4 Å². The summed E-state index contributed by atoms with van der Waals surface area (Å²) < 4.78 is 0. The molecule has 0 saturated heterocycles. The lowest BCUT2D eigenvalue weighted by molar-refractivity contribution is 0.131. The molecule has 0 heterocycles. The van der Waals surface area contributed by atoms with Crippen molar-refractivity contribution in [3.05, 3.63) is 63.7 Å². The Balaban J connectivity index is 1.75. The minimum Gasteiger partial charge on any atom is -0.391 e. The van der Waals surface area contributed by atoms with Gasteiger partial charge in [0, 0.05) is 28.9 Å². The smallest absolute Gasteiger partial charge is 0.145 e. The molecule has 2 aromatic carbocycles. The first-order chi connectivity index (χ1) is 11.2. The van der Waals surface area contributed by atoms with E-state index in [2.05, 4.69) is 28.7 Å². The number of hydrogen-bond donors (Lipinski definition) is 1. The van der Waals surface area contributed by atoms with Gasteiger partial charge in [-0.05, 0) is 49.4 Å². The van der Waals surface area contributed by atoms with E-state index >= 15 is 0 Å². The van der Waals surface area contributed by atoms with Crippen molar-refractivity contribution in [3.8, 4) is 0 Å². The predicted molar refractivity (Wildman–Crippen MR) is 96.5 cm³/mol. The molecule has 0 aliphatic heterocycles. The summed E-state index contributed by atoms with van der Waals surface area (Å²) >= 11 is 6.25. The van der Waals surface area contributed by atoms with Crippen LogP contribution < -0.4 is 5.32 Å². The number of oxime groups is 1. The lowest BCUT2D eigenvalue weighted by Gasteiger charge is -2.11. The molecular weight excluding hydrogens is 308 g/mol. The van der Waals surface area contributed by atoms with Crippen LogP contribution in [-0.2, 0) is 24.3 Å². The Morgan fingerprint density at radius 1 is 1.22 bits per heavy atom. The maximum absolute atomic E-state index is 6.25. The third kappa shape index (κ3) is 3.35. The van der Waals surface area contributed by atoms with Crippen LogP contribution in [0.4, 0.5) is 5.69 Å². The third-order valence-corrected chi connectivity index (χ3v) is 4.69. The predicted octanol–water partition coefficient (Wildman–Crippen LogP) is 4.81. The summed E-state index contributed by atoms with van der Waals surface area (Å²) in [6.45, 7) is 2.35. The first-order valence-corrected chi connectivity index (χ1v) is 8.31. The van der Waals surface area contributed by atoms with Crippen molar-refractivity contribution in [1.29, 1.82) is 0 Å². The highest BCUT2D eigenvalue weighted by atomic mass is 35.5. The number of aryl methyl sites for hydroxylation is 1. The highest BCUT2D eigenvalue weighted by molar-refractivity contribution is 6.31. The Kier molecular flexibility index (Phi) is 4.87. The van der Waals surface area contributed by atoms with E-state index < -0.39 is 0 Å². The molecule has 0 aromatic heterocycles. The molecule has 120 valence electrons. The summed E-state index contributed by atoms with van der Waals surface area (Å²) in [4.78, 5) is 5.58. The minimum absolute atomic E-state index is 0.349. The summed E-state index contributed by atoms with van der Waals surface area (Å²) in [5.41, 5.74) is 6.87. The molecule has 0 radical (unpaired) electrons. The molecule has 23 heavy (non-hydrogen) atoms. The van der Waals surface area contributed by atoms with Gasteiger partial charge in [-0.1, -0.05) is 41.0 Å². The van der Waals surface area contributed by atoms with E-state index in [1.54, 1.807) is 0 Å². The zero-order valence-corrected chi connectivity index (χ0v) is 14.3. The molecule has 1 aliphatic carbocycles. The number of rotatable bonds is 5. The quantitative estimate of drug-likeness (QED) is 0.631. The molecule has 0 atom stereocenters. The number of nitrogens with zero attached hydrogens (tertiary/aromatic N) is 1. The van der Waals surface area contributed by atoms with Crippen LogP contribution in [0.2, 0.25) is 5.02 Å². The molecule has 2 aromatic rings. The Bertz CT molecular complexity index is 740. The van der Waals surface area contributed by atoms with Crippen molar-refractivity contribution >= 4 is 23.0 Å². The van der Waals surface area contributed by atoms with Gasteiger partial charge in [0.2, 0.25) is 0 Å². The molecule has 0 unspecified atom stereocenters. The fourth-order valence-electron chi connectivity index (χ4n) is 3.14. The van der Waals surface area contributed by atoms with Crippen molar-refractivity contribution in [2.45, 2.75) is 32.8 Å². The molecule has 4 heteroatoms. The summed E-state index contributed by atoms with van der Waals surface area (Å²) in [5, 5.41) is 8.13. The molecule has 3 nitrogen and oxygen atoms in total. The number of nitrogens with one attached hydrogen (secondary N) is 1. The highest BCUT2D eigenvalue weighted by Crippen LogP contribution is 2.27. The van der Waals surface area contributed by atoms with Crippen LogP contribution in [0, 0.1) is 0 Å². The van der Waals surface area contributed by atoms with Gasteiger partial charge in [0.25, 0.3) is 0 Å². The molecular formula is C19H21ClN2O. The number of halogens is 1. The molecule has 0 spiro atoms. The fourth-order valence-corrected chi connectivity index (χ4v) is 3.37. The van der Waals surface area contributed by atoms with Crippen LogP contribution in [0.25, 0.3) is 0 Å². The molecule has 1 N–H and O–H groups in total. The Morgan fingerprint density at radius 2 is 2.04 bits per heavy atom. The highest BCUT2D eigenvalue weighted by Gasteiger charge is 2.16. The zero-order chi connectivity index (χ0) is 16.2. The zero-order valence-electron chi connectivity index (χ0n) is 13.5. The van der Waals surface area contributed by atoms with Crippen LogP contribution in [0.5, 0.6) is 0 Å². The van der Waals surface area contributed by atoms with Crippen LogP contribution >= 0.6 is 11.6 Å². The molecule has 0 bridgehead atoms. The minimum atomic E-state index is 0.349. The van der Waals surface area contributed by atoms with Gasteiger partial charge in [0.15, 0.2) is 0 Å². The van der Waals surface area contributed by atoms with Crippen LogP contribution in [0.15, 0.2) is 41.6 Å².